The van der Waals surface area contributed by atoms with Gasteiger partial charge in [0.05, 0.1) is 0 Å². The number of carbonyl (C=O) groups excluding carboxylic acids is 1. The number of hydrogen-bond acceptors (Lipinski definition) is 4. The van der Waals surface area contributed by atoms with Crippen LogP contribution < -0.4 is 10.6 Å². The van der Waals surface area contributed by atoms with E-state index in [0.717, 1.165) is 11.4 Å². The molecule has 23 heavy (non-hydrogen) atoms. The molecule has 0 bridgehead atoms. The van der Waals surface area contributed by atoms with Crippen molar-refractivity contribution in [3.8, 4) is 5.75 Å². The lowest BCUT2D eigenvalue weighted by Gasteiger charge is -2.21. The highest BCUT2D eigenvalue weighted by Gasteiger charge is 2.30. The Bertz CT molecular complexity index is 714. The number of rotatable bonds is 4. The van der Waals surface area contributed by atoms with Crippen molar-refractivity contribution >= 4 is 17.4 Å². The van der Waals surface area contributed by atoms with Gasteiger partial charge in [0.2, 0.25) is 0 Å². The van der Waals surface area contributed by atoms with Crippen molar-refractivity contribution in [2.45, 2.75) is 39.7 Å². The molecule has 1 amide bonds. The SMILES string of the molecule is CCn1nc(C(=O)Nc2cccc(O)c2)c(C(C)(C)C)c1NC. The summed E-state index contributed by atoms with van der Waals surface area (Å²) in [6.45, 7) is 8.80. The summed E-state index contributed by atoms with van der Waals surface area (Å²) in [4.78, 5) is 12.7. The van der Waals surface area contributed by atoms with Gasteiger partial charge in [-0.2, -0.15) is 5.10 Å². The number of benzene rings is 1. The number of phenols is 1. The molecule has 0 fully saturated rings. The third-order valence-electron chi connectivity index (χ3n) is 3.56. The van der Waals surface area contributed by atoms with E-state index in [2.05, 4.69) is 36.5 Å². The summed E-state index contributed by atoms with van der Waals surface area (Å²) in [5.74, 6) is 0.666. The van der Waals surface area contributed by atoms with Crippen LogP contribution in [0.3, 0.4) is 0 Å². The van der Waals surface area contributed by atoms with Crippen LogP contribution in [0.4, 0.5) is 11.5 Å². The predicted octanol–water partition coefficient (Wildman–Crippen LogP) is 3.20. The molecule has 3 N–H and O–H groups in total. The van der Waals surface area contributed by atoms with Crippen LogP contribution in [0.2, 0.25) is 0 Å². The average Bonchev–Trinajstić information content (AvgIpc) is 2.86. The van der Waals surface area contributed by atoms with Crippen LogP contribution in [0.15, 0.2) is 24.3 Å². The zero-order chi connectivity index (χ0) is 17.2. The van der Waals surface area contributed by atoms with Crippen LogP contribution in [-0.2, 0) is 12.0 Å². The van der Waals surface area contributed by atoms with Crippen molar-refractivity contribution in [1.29, 1.82) is 0 Å². The van der Waals surface area contributed by atoms with Gasteiger partial charge in [-0.3, -0.25) is 4.79 Å². The van der Waals surface area contributed by atoms with Crippen molar-refractivity contribution < 1.29 is 9.90 Å². The van der Waals surface area contributed by atoms with E-state index in [1.807, 2.05) is 14.0 Å². The zero-order valence-corrected chi connectivity index (χ0v) is 14.3. The first kappa shape index (κ1) is 16.9. The van der Waals surface area contributed by atoms with Gasteiger partial charge in [0.1, 0.15) is 11.6 Å². The van der Waals surface area contributed by atoms with E-state index in [0.29, 0.717) is 17.9 Å². The molecule has 0 radical (unpaired) electrons. The van der Waals surface area contributed by atoms with Crippen LogP contribution in [-0.4, -0.2) is 27.8 Å². The van der Waals surface area contributed by atoms with E-state index in [-0.39, 0.29) is 17.1 Å². The zero-order valence-electron chi connectivity index (χ0n) is 14.3. The van der Waals surface area contributed by atoms with Gasteiger partial charge in [0, 0.05) is 30.9 Å². The van der Waals surface area contributed by atoms with Crippen molar-refractivity contribution in [2.75, 3.05) is 17.7 Å². The quantitative estimate of drug-likeness (QED) is 0.809. The molecule has 0 aliphatic heterocycles. The molecule has 2 aromatic rings. The highest BCUT2D eigenvalue weighted by molar-refractivity contribution is 6.05. The van der Waals surface area contributed by atoms with Gasteiger partial charge in [0.25, 0.3) is 5.91 Å². The van der Waals surface area contributed by atoms with Gasteiger partial charge in [-0.1, -0.05) is 26.8 Å². The van der Waals surface area contributed by atoms with Crippen LogP contribution in [0.1, 0.15) is 43.7 Å². The Hall–Kier alpha value is -2.50. The standard InChI is InChI=1S/C17H24N4O2/c1-6-21-15(18-5)13(17(2,3)4)14(20-21)16(23)19-11-8-7-9-12(22)10-11/h7-10,18,22H,6H2,1-5H3,(H,19,23). The highest BCUT2D eigenvalue weighted by atomic mass is 16.3. The molecule has 0 aliphatic carbocycles. The molecule has 124 valence electrons. The minimum atomic E-state index is -0.288. The first-order valence-corrected chi connectivity index (χ1v) is 7.67. The number of phenolic OH excluding ortho intramolecular Hbond substituents is 1. The predicted molar refractivity (Wildman–Crippen MR) is 92.2 cm³/mol. The van der Waals surface area contributed by atoms with Crippen molar-refractivity contribution in [3.63, 3.8) is 0 Å². The molecule has 6 heteroatoms. The molecular formula is C17H24N4O2. The maximum absolute atomic E-state index is 12.7. The lowest BCUT2D eigenvalue weighted by molar-refractivity contribution is 0.101. The molecule has 0 saturated carbocycles. The maximum Gasteiger partial charge on any atom is 0.276 e. The first-order chi connectivity index (χ1) is 10.8. The molecule has 0 aliphatic rings. The van der Waals surface area contributed by atoms with Gasteiger partial charge in [0.15, 0.2) is 5.69 Å². The number of hydrogen-bond donors (Lipinski definition) is 3. The monoisotopic (exact) mass is 316 g/mol. The van der Waals surface area contributed by atoms with Crippen molar-refractivity contribution in [2.24, 2.45) is 0 Å². The van der Waals surface area contributed by atoms with Gasteiger partial charge < -0.3 is 15.7 Å². The smallest absolute Gasteiger partial charge is 0.276 e. The van der Waals surface area contributed by atoms with Gasteiger partial charge in [-0.25, -0.2) is 4.68 Å². The summed E-state index contributed by atoms with van der Waals surface area (Å²) >= 11 is 0. The van der Waals surface area contributed by atoms with E-state index >= 15 is 0 Å². The van der Waals surface area contributed by atoms with E-state index in [4.69, 9.17) is 0 Å². The highest BCUT2D eigenvalue weighted by Crippen LogP contribution is 2.33. The molecular weight excluding hydrogens is 292 g/mol. The molecule has 2 rings (SSSR count). The normalized spacial score (nSPS) is 11.3. The topological polar surface area (TPSA) is 79.2 Å². The number of carbonyl (C=O) groups is 1. The van der Waals surface area contributed by atoms with E-state index < -0.39 is 0 Å². The fourth-order valence-corrected chi connectivity index (χ4v) is 2.59. The molecule has 0 unspecified atom stereocenters. The van der Waals surface area contributed by atoms with Crippen LogP contribution >= 0.6 is 0 Å². The summed E-state index contributed by atoms with van der Waals surface area (Å²) in [6, 6.07) is 6.47. The Kier molecular flexibility index (Phi) is 4.63. The Labute approximate surface area is 136 Å². The molecule has 0 saturated heterocycles. The Morgan fingerprint density at radius 2 is 2.04 bits per heavy atom. The second kappa shape index (κ2) is 6.32. The summed E-state index contributed by atoms with van der Waals surface area (Å²) in [5, 5.41) is 19.9. The Morgan fingerprint density at radius 3 is 2.57 bits per heavy atom. The average molecular weight is 316 g/mol. The minimum absolute atomic E-state index is 0.105. The minimum Gasteiger partial charge on any atom is -0.508 e. The summed E-state index contributed by atoms with van der Waals surface area (Å²) < 4.78 is 1.79. The van der Waals surface area contributed by atoms with E-state index in [9.17, 15) is 9.90 Å². The fourth-order valence-electron chi connectivity index (χ4n) is 2.59. The molecule has 6 nitrogen and oxygen atoms in total. The molecule has 1 aromatic carbocycles. The maximum atomic E-state index is 12.7. The van der Waals surface area contributed by atoms with Crippen LogP contribution in [0.25, 0.3) is 0 Å². The van der Waals surface area contributed by atoms with Gasteiger partial charge in [-0.05, 0) is 24.5 Å². The fraction of sp³-hybridized carbons (Fsp3) is 0.412. The first-order valence-electron chi connectivity index (χ1n) is 7.67. The molecule has 0 spiro atoms. The molecule has 1 aromatic heterocycles. The van der Waals surface area contributed by atoms with Crippen molar-refractivity contribution in [3.05, 3.63) is 35.5 Å². The number of nitrogens with zero attached hydrogens (tertiary/aromatic N) is 2. The third kappa shape index (κ3) is 3.47. The number of aromatic hydroxyl groups is 1. The lowest BCUT2D eigenvalue weighted by atomic mass is 9.86. The van der Waals surface area contributed by atoms with Crippen LogP contribution in [0.5, 0.6) is 5.75 Å². The van der Waals surface area contributed by atoms with Crippen LogP contribution in [0, 0.1) is 0 Å². The van der Waals surface area contributed by atoms with E-state index in [1.54, 1.807) is 22.9 Å². The molecule has 1 heterocycles. The summed E-state index contributed by atoms with van der Waals surface area (Å²) in [5.41, 5.74) is 1.57. The second-order valence-electron chi connectivity index (χ2n) is 6.39. The van der Waals surface area contributed by atoms with E-state index in [1.165, 1.54) is 6.07 Å². The number of aryl methyl sites for hydroxylation is 1. The Balaban J connectivity index is 2.45. The largest absolute Gasteiger partial charge is 0.508 e. The summed E-state index contributed by atoms with van der Waals surface area (Å²) in [6.07, 6.45) is 0. The number of aromatic nitrogens is 2. The van der Waals surface area contributed by atoms with Gasteiger partial charge >= 0.3 is 0 Å². The number of amides is 1. The second-order valence-corrected chi connectivity index (χ2v) is 6.39. The van der Waals surface area contributed by atoms with Crippen molar-refractivity contribution in [1.82, 2.24) is 9.78 Å². The third-order valence-corrected chi connectivity index (χ3v) is 3.56. The number of nitrogens with one attached hydrogen (secondary N) is 2. The summed E-state index contributed by atoms with van der Waals surface area (Å²) in [7, 11) is 1.83. The number of anilines is 2. The Morgan fingerprint density at radius 1 is 1.35 bits per heavy atom. The molecule has 0 atom stereocenters. The van der Waals surface area contributed by atoms with Gasteiger partial charge in [-0.15, -0.1) is 0 Å². The lowest BCUT2D eigenvalue weighted by Crippen LogP contribution is -2.21.